The SMILES string of the molecule is CCc1ccc(Cn2nccc2NC(=O)C2CCN(C(=O)c3ccco3)CC2)cc1. The van der Waals surface area contributed by atoms with Crippen LogP contribution in [0.5, 0.6) is 0 Å². The number of carbonyl (C=O) groups is 2. The van der Waals surface area contributed by atoms with E-state index in [1.54, 1.807) is 27.9 Å². The van der Waals surface area contributed by atoms with Crippen molar-refractivity contribution in [3.63, 3.8) is 0 Å². The summed E-state index contributed by atoms with van der Waals surface area (Å²) in [5.74, 6) is 0.759. The Morgan fingerprint density at radius 1 is 1.10 bits per heavy atom. The molecule has 1 aromatic carbocycles. The Labute approximate surface area is 175 Å². The van der Waals surface area contributed by atoms with Crippen molar-refractivity contribution < 1.29 is 14.0 Å². The summed E-state index contributed by atoms with van der Waals surface area (Å²) < 4.78 is 6.99. The van der Waals surface area contributed by atoms with E-state index in [1.807, 2.05) is 6.07 Å². The molecule has 0 atom stereocenters. The van der Waals surface area contributed by atoms with Gasteiger partial charge in [0.2, 0.25) is 5.91 Å². The molecular formula is C23H26N4O3. The normalized spacial score (nSPS) is 14.6. The molecule has 156 valence electrons. The molecule has 0 spiro atoms. The number of amides is 2. The highest BCUT2D eigenvalue weighted by Gasteiger charge is 2.29. The van der Waals surface area contributed by atoms with Crippen LogP contribution >= 0.6 is 0 Å². The van der Waals surface area contributed by atoms with Crippen molar-refractivity contribution in [3.05, 3.63) is 71.8 Å². The molecule has 1 aliphatic heterocycles. The fraction of sp³-hybridized carbons (Fsp3) is 0.348. The summed E-state index contributed by atoms with van der Waals surface area (Å²) in [6, 6.07) is 13.6. The van der Waals surface area contributed by atoms with Crippen molar-refractivity contribution in [1.82, 2.24) is 14.7 Å². The van der Waals surface area contributed by atoms with Gasteiger partial charge in [0.15, 0.2) is 5.76 Å². The number of hydrogen-bond acceptors (Lipinski definition) is 4. The number of rotatable bonds is 6. The Morgan fingerprint density at radius 3 is 2.50 bits per heavy atom. The quantitative estimate of drug-likeness (QED) is 0.679. The molecule has 7 heteroatoms. The summed E-state index contributed by atoms with van der Waals surface area (Å²) in [6.07, 6.45) is 5.46. The number of furan rings is 1. The number of carbonyl (C=O) groups excluding carboxylic acids is 2. The Bertz CT molecular complexity index is 984. The standard InChI is InChI=1S/C23H26N4O3/c1-2-17-5-7-18(8-6-17)16-27-21(9-12-24-27)25-22(28)19-10-13-26(14-11-19)23(29)20-4-3-15-30-20/h3-9,12,15,19H,2,10-11,13-14,16H2,1H3,(H,25,28). The third-order valence-electron chi connectivity index (χ3n) is 5.62. The summed E-state index contributed by atoms with van der Waals surface area (Å²) in [6.45, 7) is 3.82. The van der Waals surface area contributed by atoms with Gasteiger partial charge in [-0.25, -0.2) is 4.68 Å². The zero-order valence-electron chi connectivity index (χ0n) is 17.1. The van der Waals surface area contributed by atoms with Crippen LogP contribution in [0.3, 0.4) is 0 Å². The molecule has 0 radical (unpaired) electrons. The molecule has 2 aromatic heterocycles. The van der Waals surface area contributed by atoms with E-state index in [0.717, 1.165) is 12.0 Å². The molecule has 0 aliphatic carbocycles. The van der Waals surface area contributed by atoms with Gasteiger partial charge in [-0.15, -0.1) is 0 Å². The second kappa shape index (κ2) is 8.98. The highest BCUT2D eigenvalue weighted by atomic mass is 16.3. The monoisotopic (exact) mass is 406 g/mol. The first-order valence-electron chi connectivity index (χ1n) is 10.4. The summed E-state index contributed by atoms with van der Waals surface area (Å²) in [5, 5.41) is 7.37. The van der Waals surface area contributed by atoms with E-state index in [0.29, 0.717) is 44.1 Å². The predicted octanol–water partition coefficient (Wildman–Crippen LogP) is 3.58. The molecule has 0 bridgehead atoms. The molecule has 1 aliphatic rings. The number of aryl methyl sites for hydroxylation is 1. The number of aromatic nitrogens is 2. The topological polar surface area (TPSA) is 80.4 Å². The van der Waals surface area contributed by atoms with Crippen molar-refractivity contribution in [3.8, 4) is 0 Å². The smallest absolute Gasteiger partial charge is 0.289 e. The molecule has 4 rings (SSSR count). The molecule has 30 heavy (non-hydrogen) atoms. The first-order chi connectivity index (χ1) is 14.6. The molecule has 1 fully saturated rings. The number of nitrogens with one attached hydrogen (secondary N) is 1. The maximum Gasteiger partial charge on any atom is 0.289 e. The van der Waals surface area contributed by atoms with Crippen molar-refractivity contribution >= 4 is 17.6 Å². The Morgan fingerprint density at radius 2 is 1.83 bits per heavy atom. The Hall–Kier alpha value is -3.35. The van der Waals surface area contributed by atoms with Gasteiger partial charge >= 0.3 is 0 Å². The van der Waals surface area contributed by atoms with Crippen LogP contribution in [0, 0.1) is 5.92 Å². The lowest BCUT2D eigenvalue weighted by atomic mass is 9.95. The summed E-state index contributed by atoms with van der Waals surface area (Å²) in [4.78, 5) is 26.9. The van der Waals surface area contributed by atoms with Crippen LogP contribution in [0.1, 0.15) is 41.4 Å². The maximum atomic E-state index is 12.8. The molecule has 1 saturated heterocycles. The largest absolute Gasteiger partial charge is 0.459 e. The minimum atomic E-state index is -0.127. The summed E-state index contributed by atoms with van der Waals surface area (Å²) in [5.41, 5.74) is 2.43. The van der Waals surface area contributed by atoms with E-state index in [9.17, 15) is 9.59 Å². The lowest BCUT2D eigenvalue weighted by molar-refractivity contribution is -0.121. The fourth-order valence-corrected chi connectivity index (χ4v) is 3.75. The van der Waals surface area contributed by atoms with Crippen LogP contribution in [-0.4, -0.2) is 39.6 Å². The molecular weight excluding hydrogens is 380 g/mol. The second-order valence-corrected chi connectivity index (χ2v) is 7.58. The van der Waals surface area contributed by atoms with Gasteiger partial charge in [-0.2, -0.15) is 5.10 Å². The lowest BCUT2D eigenvalue weighted by Crippen LogP contribution is -2.41. The van der Waals surface area contributed by atoms with Crippen LogP contribution < -0.4 is 5.32 Å². The van der Waals surface area contributed by atoms with Crippen LogP contribution in [0.25, 0.3) is 0 Å². The molecule has 3 aromatic rings. The molecule has 1 N–H and O–H groups in total. The van der Waals surface area contributed by atoms with E-state index in [4.69, 9.17) is 4.42 Å². The number of anilines is 1. The highest BCUT2D eigenvalue weighted by Crippen LogP contribution is 2.21. The molecule has 0 unspecified atom stereocenters. The average Bonchev–Trinajstić information content (AvgIpc) is 3.47. The average molecular weight is 406 g/mol. The fourth-order valence-electron chi connectivity index (χ4n) is 3.75. The van der Waals surface area contributed by atoms with Crippen molar-refractivity contribution in [2.24, 2.45) is 5.92 Å². The van der Waals surface area contributed by atoms with Gasteiger partial charge in [0.05, 0.1) is 19.0 Å². The Kier molecular flexibility index (Phi) is 5.97. The van der Waals surface area contributed by atoms with E-state index < -0.39 is 0 Å². The van der Waals surface area contributed by atoms with Gasteiger partial charge < -0.3 is 14.6 Å². The number of benzene rings is 1. The predicted molar refractivity (Wildman–Crippen MR) is 113 cm³/mol. The Balaban J connectivity index is 1.32. The van der Waals surface area contributed by atoms with Crippen molar-refractivity contribution in [1.29, 1.82) is 0 Å². The van der Waals surface area contributed by atoms with Gasteiger partial charge in [-0.1, -0.05) is 31.2 Å². The van der Waals surface area contributed by atoms with Crippen LogP contribution in [0.4, 0.5) is 5.82 Å². The van der Waals surface area contributed by atoms with Crippen molar-refractivity contribution in [2.45, 2.75) is 32.7 Å². The molecule has 0 saturated carbocycles. The molecule has 3 heterocycles. The first-order valence-corrected chi connectivity index (χ1v) is 10.4. The first kappa shape index (κ1) is 19.9. The van der Waals surface area contributed by atoms with Gasteiger partial charge in [0.1, 0.15) is 5.82 Å². The maximum absolute atomic E-state index is 12.8. The minimum absolute atomic E-state index is 0.0248. The molecule has 7 nitrogen and oxygen atoms in total. The van der Waals surface area contributed by atoms with Gasteiger partial charge in [0, 0.05) is 25.1 Å². The number of nitrogens with zero attached hydrogens (tertiary/aromatic N) is 3. The number of hydrogen-bond donors (Lipinski definition) is 1. The zero-order chi connectivity index (χ0) is 20.9. The van der Waals surface area contributed by atoms with E-state index >= 15 is 0 Å². The van der Waals surface area contributed by atoms with Crippen LogP contribution in [0.2, 0.25) is 0 Å². The summed E-state index contributed by atoms with van der Waals surface area (Å²) >= 11 is 0. The number of piperidine rings is 1. The molecule has 2 amide bonds. The van der Waals surface area contributed by atoms with E-state index in [-0.39, 0.29) is 17.7 Å². The lowest BCUT2D eigenvalue weighted by Gasteiger charge is -2.30. The van der Waals surface area contributed by atoms with Gasteiger partial charge in [0.25, 0.3) is 5.91 Å². The van der Waals surface area contributed by atoms with Crippen LogP contribution in [-0.2, 0) is 17.8 Å². The van der Waals surface area contributed by atoms with E-state index in [1.165, 1.54) is 11.8 Å². The zero-order valence-corrected chi connectivity index (χ0v) is 17.1. The van der Waals surface area contributed by atoms with Crippen molar-refractivity contribution in [2.75, 3.05) is 18.4 Å². The second-order valence-electron chi connectivity index (χ2n) is 7.58. The van der Waals surface area contributed by atoms with Crippen LogP contribution in [0.15, 0.2) is 59.3 Å². The van der Waals surface area contributed by atoms with E-state index in [2.05, 4.69) is 41.6 Å². The van der Waals surface area contributed by atoms with Gasteiger partial charge in [-0.3, -0.25) is 9.59 Å². The highest BCUT2D eigenvalue weighted by molar-refractivity contribution is 5.93. The minimum Gasteiger partial charge on any atom is -0.459 e. The third kappa shape index (κ3) is 4.45. The van der Waals surface area contributed by atoms with Gasteiger partial charge in [-0.05, 0) is 42.5 Å². The summed E-state index contributed by atoms with van der Waals surface area (Å²) in [7, 11) is 0. The number of likely N-dealkylation sites (tertiary alicyclic amines) is 1. The third-order valence-corrected chi connectivity index (χ3v) is 5.62.